The number of aliphatic hydroxyl groups excluding tert-OH is 1. The number of benzene rings is 1. The van der Waals surface area contributed by atoms with Crippen molar-refractivity contribution in [1.29, 1.82) is 0 Å². The quantitative estimate of drug-likeness (QED) is 0.932. The summed E-state index contributed by atoms with van der Waals surface area (Å²) >= 11 is 0. The van der Waals surface area contributed by atoms with Gasteiger partial charge in [-0.2, -0.15) is 0 Å². The van der Waals surface area contributed by atoms with Crippen molar-refractivity contribution in [2.75, 3.05) is 31.1 Å². The summed E-state index contributed by atoms with van der Waals surface area (Å²) < 4.78 is 13.2. The highest BCUT2D eigenvalue weighted by atomic mass is 19.1. The molecule has 6 heteroatoms. The Balaban J connectivity index is 1.54. The lowest BCUT2D eigenvalue weighted by molar-refractivity contribution is -0.133. The van der Waals surface area contributed by atoms with Crippen LogP contribution in [0.15, 0.2) is 48.7 Å². The highest BCUT2D eigenvalue weighted by Gasteiger charge is 2.24. The van der Waals surface area contributed by atoms with Crippen molar-refractivity contribution in [1.82, 2.24) is 9.88 Å². The molecule has 126 valence electrons. The van der Waals surface area contributed by atoms with Crippen molar-refractivity contribution >= 4 is 11.7 Å². The predicted molar refractivity (Wildman–Crippen MR) is 89.0 cm³/mol. The molecule has 1 unspecified atom stereocenters. The zero-order chi connectivity index (χ0) is 16.9. The van der Waals surface area contributed by atoms with E-state index in [1.807, 2.05) is 18.2 Å². The highest BCUT2D eigenvalue weighted by molar-refractivity contribution is 5.77. The maximum Gasteiger partial charge on any atom is 0.225 e. The van der Waals surface area contributed by atoms with Crippen molar-refractivity contribution < 1.29 is 14.3 Å². The Morgan fingerprint density at radius 3 is 2.62 bits per heavy atom. The van der Waals surface area contributed by atoms with Crippen molar-refractivity contribution in [2.24, 2.45) is 0 Å². The number of piperazine rings is 1. The first-order chi connectivity index (χ1) is 11.6. The summed E-state index contributed by atoms with van der Waals surface area (Å²) in [4.78, 5) is 20.5. The zero-order valence-electron chi connectivity index (χ0n) is 13.3. The molecule has 1 aliphatic rings. The summed E-state index contributed by atoms with van der Waals surface area (Å²) in [5.74, 6) is 0.375. The standard InChI is InChI=1S/C18H20FN3O2/c19-15-5-3-4-14(12-15)16(23)13-18(24)22-10-8-21(9-11-22)17-6-1-2-7-20-17/h1-7,12,16,23H,8-11,13H2. The molecule has 2 aromatic rings. The maximum atomic E-state index is 13.2. The van der Waals surface area contributed by atoms with Gasteiger partial charge in [0.15, 0.2) is 0 Å². The van der Waals surface area contributed by atoms with Gasteiger partial charge in [-0.1, -0.05) is 18.2 Å². The molecule has 1 N–H and O–H groups in total. The average Bonchev–Trinajstić information content (AvgIpc) is 2.62. The van der Waals surface area contributed by atoms with Crippen LogP contribution in [0.3, 0.4) is 0 Å². The number of hydrogen-bond donors (Lipinski definition) is 1. The van der Waals surface area contributed by atoms with E-state index < -0.39 is 11.9 Å². The summed E-state index contributed by atoms with van der Waals surface area (Å²) in [5, 5.41) is 10.1. The number of pyridine rings is 1. The van der Waals surface area contributed by atoms with Crippen LogP contribution in [0, 0.1) is 5.82 Å². The van der Waals surface area contributed by atoms with Gasteiger partial charge in [0, 0.05) is 32.4 Å². The third-order valence-electron chi connectivity index (χ3n) is 4.21. The zero-order valence-corrected chi connectivity index (χ0v) is 13.3. The third-order valence-corrected chi connectivity index (χ3v) is 4.21. The average molecular weight is 329 g/mol. The fourth-order valence-electron chi connectivity index (χ4n) is 2.85. The Morgan fingerprint density at radius 2 is 1.96 bits per heavy atom. The Kier molecular flexibility index (Phi) is 5.05. The van der Waals surface area contributed by atoms with E-state index in [0.29, 0.717) is 31.7 Å². The van der Waals surface area contributed by atoms with Gasteiger partial charge >= 0.3 is 0 Å². The summed E-state index contributed by atoms with van der Waals surface area (Å²) in [5.41, 5.74) is 0.426. The van der Waals surface area contributed by atoms with E-state index in [9.17, 15) is 14.3 Å². The lowest BCUT2D eigenvalue weighted by Gasteiger charge is -2.35. The van der Waals surface area contributed by atoms with Crippen LogP contribution in [-0.4, -0.2) is 47.1 Å². The molecule has 0 bridgehead atoms. The van der Waals surface area contributed by atoms with Gasteiger partial charge in [-0.3, -0.25) is 4.79 Å². The van der Waals surface area contributed by atoms with Crippen LogP contribution in [0.25, 0.3) is 0 Å². The highest BCUT2D eigenvalue weighted by Crippen LogP contribution is 2.20. The van der Waals surface area contributed by atoms with Crippen LogP contribution in [0.4, 0.5) is 10.2 Å². The van der Waals surface area contributed by atoms with Gasteiger partial charge < -0.3 is 14.9 Å². The molecule has 1 aromatic carbocycles. The van der Waals surface area contributed by atoms with Crippen molar-refractivity contribution in [2.45, 2.75) is 12.5 Å². The molecule has 1 amide bonds. The minimum absolute atomic E-state index is 0.0347. The van der Waals surface area contributed by atoms with Crippen molar-refractivity contribution in [3.8, 4) is 0 Å². The van der Waals surface area contributed by atoms with Crippen molar-refractivity contribution in [3.63, 3.8) is 0 Å². The fraction of sp³-hybridized carbons (Fsp3) is 0.333. The van der Waals surface area contributed by atoms with Crippen LogP contribution in [0.2, 0.25) is 0 Å². The number of aliphatic hydroxyl groups is 1. The largest absolute Gasteiger partial charge is 0.388 e. The fourth-order valence-corrected chi connectivity index (χ4v) is 2.85. The van der Waals surface area contributed by atoms with Gasteiger partial charge in [-0.25, -0.2) is 9.37 Å². The molecule has 0 radical (unpaired) electrons. The molecule has 0 aliphatic carbocycles. The molecular formula is C18H20FN3O2. The van der Waals surface area contributed by atoms with E-state index >= 15 is 0 Å². The molecule has 0 saturated carbocycles. The topological polar surface area (TPSA) is 56.7 Å². The molecule has 24 heavy (non-hydrogen) atoms. The number of aromatic nitrogens is 1. The first-order valence-corrected chi connectivity index (χ1v) is 8.01. The first kappa shape index (κ1) is 16.4. The van der Waals surface area contributed by atoms with Crippen LogP contribution in [-0.2, 0) is 4.79 Å². The number of rotatable bonds is 4. The Morgan fingerprint density at radius 1 is 1.17 bits per heavy atom. The van der Waals surface area contributed by atoms with E-state index in [4.69, 9.17) is 0 Å². The SMILES string of the molecule is O=C(CC(O)c1cccc(F)c1)N1CCN(c2ccccn2)CC1. The Bertz CT molecular complexity index is 688. The van der Waals surface area contributed by atoms with Gasteiger partial charge in [0.2, 0.25) is 5.91 Å². The summed E-state index contributed by atoms with van der Waals surface area (Å²) in [6, 6.07) is 11.5. The predicted octanol–water partition coefficient (Wildman–Crippen LogP) is 1.99. The maximum absolute atomic E-state index is 13.2. The lowest BCUT2D eigenvalue weighted by atomic mass is 10.1. The molecule has 5 nitrogen and oxygen atoms in total. The molecule has 1 aromatic heterocycles. The van der Waals surface area contributed by atoms with Crippen LogP contribution in [0.1, 0.15) is 18.1 Å². The van der Waals surface area contributed by atoms with Crippen LogP contribution >= 0.6 is 0 Å². The minimum Gasteiger partial charge on any atom is -0.388 e. The number of nitrogens with zero attached hydrogens (tertiary/aromatic N) is 3. The van der Waals surface area contributed by atoms with Gasteiger partial charge in [-0.15, -0.1) is 0 Å². The summed E-state index contributed by atoms with van der Waals surface area (Å²) in [7, 11) is 0. The molecule has 3 rings (SSSR count). The number of hydrogen-bond acceptors (Lipinski definition) is 4. The van der Waals surface area contributed by atoms with E-state index in [0.717, 1.165) is 5.82 Å². The van der Waals surface area contributed by atoms with Gasteiger partial charge in [-0.05, 0) is 29.8 Å². The van der Waals surface area contributed by atoms with E-state index in [2.05, 4.69) is 9.88 Å². The third kappa shape index (κ3) is 3.89. The molecular weight excluding hydrogens is 309 g/mol. The summed E-state index contributed by atoms with van der Waals surface area (Å²) in [6.07, 6.45) is 0.733. The van der Waals surface area contributed by atoms with Crippen LogP contribution in [0.5, 0.6) is 0 Å². The van der Waals surface area contributed by atoms with Crippen LogP contribution < -0.4 is 4.90 Å². The lowest BCUT2D eigenvalue weighted by Crippen LogP contribution is -2.49. The van der Waals surface area contributed by atoms with E-state index in [1.165, 1.54) is 18.2 Å². The van der Waals surface area contributed by atoms with Gasteiger partial charge in [0.05, 0.1) is 12.5 Å². The Hall–Kier alpha value is -2.47. The normalized spacial score (nSPS) is 16.1. The van der Waals surface area contributed by atoms with Gasteiger partial charge in [0.25, 0.3) is 0 Å². The molecule has 0 spiro atoms. The molecule has 1 atom stereocenters. The molecule has 1 saturated heterocycles. The van der Waals surface area contributed by atoms with Gasteiger partial charge in [0.1, 0.15) is 11.6 Å². The second-order valence-electron chi connectivity index (χ2n) is 5.83. The minimum atomic E-state index is -0.984. The number of halogens is 1. The number of carbonyl (C=O) groups excluding carboxylic acids is 1. The van der Waals surface area contributed by atoms with Crippen molar-refractivity contribution in [3.05, 3.63) is 60.0 Å². The molecule has 1 aliphatic heterocycles. The number of anilines is 1. The second-order valence-corrected chi connectivity index (χ2v) is 5.83. The molecule has 1 fully saturated rings. The second kappa shape index (κ2) is 7.40. The van der Waals surface area contributed by atoms with E-state index in [-0.39, 0.29) is 12.3 Å². The number of amides is 1. The first-order valence-electron chi connectivity index (χ1n) is 8.01. The number of carbonyl (C=O) groups is 1. The summed E-state index contributed by atoms with van der Waals surface area (Å²) in [6.45, 7) is 2.59. The smallest absolute Gasteiger partial charge is 0.225 e. The Labute approximate surface area is 140 Å². The van der Waals surface area contributed by atoms with E-state index in [1.54, 1.807) is 17.2 Å². The monoisotopic (exact) mass is 329 g/mol. The molecule has 2 heterocycles.